The van der Waals surface area contributed by atoms with Gasteiger partial charge in [0.25, 0.3) is 0 Å². The number of aliphatic hydroxyl groups is 1. The second-order valence-corrected chi connectivity index (χ2v) is 10.2. The molecule has 0 amide bonds. The van der Waals surface area contributed by atoms with Gasteiger partial charge >= 0.3 is 0 Å². The fraction of sp³-hybridized carbons (Fsp3) is 0.345. The van der Waals surface area contributed by atoms with Gasteiger partial charge in [0.2, 0.25) is 0 Å². The number of phenols is 1. The first-order chi connectivity index (χ1) is 16.9. The van der Waals surface area contributed by atoms with Gasteiger partial charge < -0.3 is 19.8 Å². The summed E-state index contributed by atoms with van der Waals surface area (Å²) in [6.07, 6.45) is 4.84. The lowest BCUT2D eigenvalue weighted by Crippen LogP contribution is -2.54. The highest BCUT2D eigenvalue weighted by Crippen LogP contribution is 2.42. The summed E-state index contributed by atoms with van der Waals surface area (Å²) in [7, 11) is 0. The van der Waals surface area contributed by atoms with Crippen LogP contribution in [0.15, 0.2) is 66.9 Å². The number of benzene rings is 2. The van der Waals surface area contributed by atoms with Crippen molar-refractivity contribution >= 4 is 17.2 Å². The number of nitrogens with zero attached hydrogens (tertiary/aromatic N) is 2. The van der Waals surface area contributed by atoms with Gasteiger partial charge in [0.15, 0.2) is 0 Å². The average Bonchev–Trinajstić information content (AvgIpc) is 3.00. The van der Waals surface area contributed by atoms with E-state index in [1.54, 1.807) is 18.3 Å². The van der Waals surface area contributed by atoms with Gasteiger partial charge in [-0.2, -0.15) is 0 Å². The lowest BCUT2D eigenvalue weighted by atomic mass is 9.71. The van der Waals surface area contributed by atoms with Gasteiger partial charge in [-0.25, -0.2) is 0 Å². The standard InChI is InChI=1S/C29H31ClN2O3/c1-19-16-32(17-20(2)29(19,34)21-7-9-22(30)10-8-21)14-4-6-24-25-5-3-13-31-27(25)18-35-28-12-11-23(33)15-26(24)28/h3,5-13,15,19-20,33-34H,4,14,16-18H2,1-2H3. The number of aromatic hydroxyl groups is 1. The Bertz CT molecular complexity index is 1230. The minimum atomic E-state index is -0.876. The van der Waals surface area contributed by atoms with Crippen molar-refractivity contribution < 1.29 is 14.9 Å². The Morgan fingerprint density at radius 1 is 1.09 bits per heavy atom. The second kappa shape index (κ2) is 9.65. The van der Waals surface area contributed by atoms with Gasteiger partial charge in [-0.05, 0) is 54.0 Å². The van der Waals surface area contributed by atoms with Crippen LogP contribution < -0.4 is 4.74 Å². The SMILES string of the molecule is CC1CN(CCC=C2c3cc(O)ccc3OCc3ncccc32)CC(C)C1(O)c1ccc(Cl)cc1. The van der Waals surface area contributed by atoms with E-state index in [0.29, 0.717) is 11.6 Å². The van der Waals surface area contributed by atoms with E-state index in [2.05, 4.69) is 35.9 Å². The summed E-state index contributed by atoms with van der Waals surface area (Å²) in [5, 5.41) is 22.5. The summed E-state index contributed by atoms with van der Waals surface area (Å²) >= 11 is 6.07. The second-order valence-electron chi connectivity index (χ2n) is 9.77. The molecule has 2 atom stereocenters. The smallest absolute Gasteiger partial charge is 0.131 e. The van der Waals surface area contributed by atoms with Crippen LogP contribution in [0.25, 0.3) is 5.57 Å². The highest BCUT2D eigenvalue weighted by Gasteiger charge is 2.45. The van der Waals surface area contributed by atoms with E-state index in [1.807, 2.05) is 36.4 Å². The molecule has 1 aromatic heterocycles. The Balaban J connectivity index is 1.36. The van der Waals surface area contributed by atoms with Crippen LogP contribution in [0.4, 0.5) is 0 Å². The third kappa shape index (κ3) is 4.56. The minimum Gasteiger partial charge on any atom is -0.508 e. The quantitative estimate of drug-likeness (QED) is 0.496. The molecule has 5 nitrogen and oxygen atoms in total. The van der Waals surface area contributed by atoms with Crippen molar-refractivity contribution in [3.8, 4) is 11.5 Å². The molecule has 6 heteroatoms. The van der Waals surface area contributed by atoms with E-state index in [-0.39, 0.29) is 17.6 Å². The van der Waals surface area contributed by atoms with Crippen molar-refractivity contribution in [1.82, 2.24) is 9.88 Å². The van der Waals surface area contributed by atoms with Crippen LogP contribution in [0.3, 0.4) is 0 Å². The third-order valence-corrected chi connectivity index (χ3v) is 7.72. The Hall–Kier alpha value is -2.86. The van der Waals surface area contributed by atoms with Crippen LogP contribution in [-0.4, -0.2) is 39.7 Å². The fourth-order valence-electron chi connectivity index (χ4n) is 5.64. The lowest BCUT2D eigenvalue weighted by molar-refractivity contribution is -0.112. The van der Waals surface area contributed by atoms with Crippen LogP contribution in [0, 0.1) is 11.8 Å². The number of pyridine rings is 1. The number of piperidine rings is 1. The summed E-state index contributed by atoms with van der Waals surface area (Å²) in [4.78, 5) is 6.96. The number of halogens is 1. The largest absolute Gasteiger partial charge is 0.508 e. The Labute approximate surface area is 211 Å². The maximum Gasteiger partial charge on any atom is 0.131 e. The fourth-order valence-corrected chi connectivity index (χ4v) is 5.76. The number of likely N-dealkylation sites (tertiary alicyclic amines) is 1. The highest BCUT2D eigenvalue weighted by molar-refractivity contribution is 6.30. The van der Waals surface area contributed by atoms with Crippen molar-refractivity contribution in [2.45, 2.75) is 32.5 Å². The predicted molar refractivity (Wildman–Crippen MR) is 138 cm³/mol. The minimum absolute atomic E-state index is 0.0777. The number of rotatable bonds is 4. The van der Waals surface area contributed by atoms with Gasteiger partial charge in [0, 0.05) is 53.8 Å². The van der Waals surface area contributed by atoms with E-state index in [9.17, 15) is 10.2 Å². The first-order valence-electron chi connectivity index (χ1n) is 12.2. The van der Waals surface area contributed by atoms with Gasteiger partial charge in [-0.1, -0.05) is 49.7 Å². The number of aromatic nitrogens is 1. The van der Waals surface area contributed by atoms with E-state index in [1.165, 1.54) is 0 Å². The molecule has 182 valence electrons. The van der Waals surface area contributed by atoms with Crippen molar-refractivity contribution in [1.29, 1.82) is 0 Å². The topological polar surface area (TPSA) is 65.8 Å². The molecule has 3 aromatic rings. The Morgan fingerprint density at radius 3 is 2.57 bits per heavy atom. The van der Waals surface area contributed by atoms with Crippen LogP contribution in [0.5, 0.6) is 11.5 Å². The zero-order valence-electron chi connectivity index (χ0n) is 20.1. The molecular formula is C29H31ClN2O3. The monoisotopic (exact) mass is 490 g/mol. The molecule has 1 saturated heterocycles. The highest BCUT2D eigenvalue weighted by atomic mass is 35.5. The number of hydrogen-bond donors (Lipinski definition) is 2. The Kier molecular flexibility index (Phi) is 6.58. The summed E-state index contributed by atoms with van der Waals surface area (Å²) in [6.45, 7) is 7.14. The molecule has 2 N–H and O–H groups in total. The molecule has 3 heterocycles. The van der Waals surface area contributed by atoms with Gasteiger partial charge in [-0.3, -0.25) is 4.98 Å². The summed E-state index contributed by atoms with van der Waals surface area (Å²) in [5.41, 5.74) is 3.90. The molecule has 0 bridgehead atoms. The average molecular weight is 491 g/mol. The van der Waals surface area contributed by atoms with E-state index < -0.39 is 5.60 Å². The molecule has 0 radical (unpaired) electrons. The maximum absolute atomic E-state index is 11.7. The molecule has 2 unspecified atom stereocenters. The first-order valence-corrected chi connectivity index (χ1v) is 12.6. The summed E-state index contributed by atoms with van der Waals surface area (Å²) < 4.78 is 6.00. The van der Waals surface area contributed by atoms with E-state index in [4.69, 9.17) is 16.3 Å². The van der Waals surface area contributed by atoms with Crippen LogP contribution in [0.2, 0.25) is 5.02 Å². The number of fused-ring (bicyclic) bond motifs is 2. The third-order valence-electron chi connectivity index (χ3n) is 7.47. The molecule has 1 fully saturated rings. The maximum atomic E-state index is 11.7. The first kappa shape index (κ1) is 23.9. The summed E-state index contributed by atoms with van der Waals surface area (Å²) in [5.74, 6) is 1.12. The number of ether oxygens (including phenoxy) is 1. The van der Waals surface area contributed by atoms with Crippen molar-refractivity contribution in [2.24, 2.45) is 11.8 Å². The van der Waals surface area contributed by atoms with Crippen molar-refractivity contribution in [3.05, 3.63) is 94.3 Å². The van der Waals surface area contributed by atoms with Crippen LogP contribution in [-0.2, 0) is 12.2 Å². The van der Waals surface area contributed by atoms with Gasteiger partial charge in [-0.15, -0.1) is 0 Å². The van der Waals surface area contributed by atoms with Gasteiger partial charge in [0.1, 0.15) is 18.1 Å². The normalized spacial score (nSPS) is 25.4. The molecule has 2 aliphatic heterocycles. The molecule has 35 heavy (non-hydrogen) atoms. The zero-order valence-corrected chi connectivity index (χ0v) is 20.9. The molecule has 0 saturated carbocycles. The van der Waals surface area contributed by atoms with E-state index >= 15 is 0 Å². The van der Waals surface area contributed by atoms with E-state index in [0.717, 1.165) is 59.8 Å². The molecule has 0 aliphatic carbocycles. The molecule has 2 aromatic carbocycles. The van der Waals surface area contributed by atoms with Gasteiger partial charge in [0.05, 0.1) is 11.3 Å². The molecular weight excluding hydrogens is 460 g/mol. The summed E-state index contributed by atoms with van der Waals surface area (Å²) in [6, 6.07) is 16.8. The molecule has 5 rings (SSSR count). The van der Waals surface area contributed by atoms with Crippen molar-refractivity contribution in [2.75, 3.05) is 19.6 Å². The predicted octanol–water partition coefficient (Wildman–Crippen LogP) is 5.63. The molecule has 2 aliphatic rings. The van der Waals surface area contributed by atoms with Crippen LogP contribution in [0.1, 0.15) is 42.7 Å². The number of hydrogen-bond acceptors (Lipinski definition) is 5. The van der Waals surface area contributed by atoms with Crippen molar-refractivity contribution in [3.63, 3.8) is 0 Å². The number of phenolic OH excluding ortho intramolecular Hbond substituents is 1. The molecule has 0 spiro atoms. The van der Waals surface area contributed by atoms with Crippen LogP contribution >= 0.6 is 11.6 Å². The zero-order chi connectivity index (χ0) is 24.6. The Morgan fingerprint density at radius 2 is 1.83 bits per heavy atom. The lowest BCUT2D eigenvalue weighted by Gasteiger charge is -2.48.